The van der Waals surface area contributed by atoms with Gasteiger partial charge in [0.25, 0.3) is 0 Å². The van der Waals surface area contributed by atoms with Gasteiger partial charge in [0.15, 0.2) is 0 Å². The maximum atomic E-state index is 5.52. The SMILES string of the molecule is Cc1nc(Cc2nc(CN)cs2)sc1C. The Morgan fingerprint density at radius 2 is 2.07 bits per heavy atom. The molecule has 0 atom stereocenters. The Morgan fingerprint density at radius 1 is 1.27 bits per heavy atom. The van der Waals surface area contributed by atoms with Crippen LogP contribution in [0.15, 0.2) is 5.38 Å². The lowest BCUT2D eigenvalue weighted by molar-refractivity contribution is 0.976. The molecule has 0 aromatic carbocycles. The smallest absolute Gasteiger partial charge is 0.0999 e. The molecule has 3 nitrogen and oxygen atoms in total. The van der Waals surface area contributed by atoms with E-state index < -0.39 is 0 Å². The molecule has 0 bridgehead atoms. The summed E-state index contributed by atoms with van der Waals surface area (Å²) in [6.07, 6.45) is 0.837. The third kappa shape index (κ3) is 2.42. The summed E-state index contributed by atoms with van der Waals surface area (Å²) in [5.41, 5.74) is 7.62. The second kappa shape index (κ2) is 4.38. The molecule has 15 heavy (non-hydrogen) atoms. The van der Waals surface area contributed by atoms with Crippen LogP contribution >= 0.6 is 22.7 Å². The first-order valence-electron chi connectivity index (χ1n) is 4.75. The largest absolute Gasteiger partial charge is 0.325 e. The molecule has 0 aliphatic rings. The zero-order valence-electron chi connectivity index (χ0n) is 8.78. The fourth-order valence-electron chi connectivity index (χ4n) is 1.27. The molecular weight excluding hydrogens is 226 g/mol. The second-order valence-corrected chi connectivity index (χ2v) is 5.59. The number of nitrogens with zero attached hydrogens (tertiary/aromatic N) is 2. The number of aromatic nitrogens is 2. The zero-order valence-corrected chi connectivity index (χ0v) is 10.4. The van der Waals surface area contributed by atoms with Crippen molar-refractivity contribution < 1.29 is 0 Å². The van der Waals surface area contributed by atoms with Gasteiger partial charge in [0, 0.05) is 16.8 Å². The molecule has 0 saturated heterocycles. The van der Waals surface area contributed by atoms with Crippen LogP contribution in [0.2, 0.25) is 0 Å². The summed E-state index contributed by atoms with van der Waals surface area (Å²) in [6.45, 7) is 4.67. The summed E-state index contributed by atoms with van der Waals surface area (Å²) in [6, 6.07) is 0. The molecule has 2 aromatic rings. The molecule has 2 N–H and O–H groups in total. The Hall–Kier alpha value is -0.780. The zero-order chi connectivity index (χ0) is 10.8. The molecule has 0 spiro atoms. The van der Waals surface area contributed by atoms with E-state index in [0.717, 1.165) is 27.8 Å². The minimum atomic E-state index is 0.520. The normalized spacial score (nSPS) is 10.9. The van der Waals surface area contributed by atoms with Crippen LogP contribution in [0.25, 0.3) is 0 Å². The average Bonchev–Trinajstić information content (AvgIpc) is 2.76. The van der Waals surface area contributed by atoms with Crippen molar-refractivity contribution in [2.24, 2.45) is 5.73 Å². The minimum Gasteiger partial charge on any atom is -0.325 e. The number of rotatable bonds is 3. The average molecular weight is 239 g/mol. The van der Waals surface area contributed by atoms with Crippen molar-refractivity contribution in [3.63, 3.8) is 0 Å². The highest BCUT2D eigenvalue weighted by molar-refractivity contribution is 7.12. The van der Waals surface area contributed by atoms with E-state index in [1.54, 1.807) is 22.7 Å². The summed E-state index contributed by atoms with van der Waals surface area (Å²) in [4.78, 5) is 10.2. The molecule has 0 fully saturated rings. The van der Waals surface area contributed by atoms with Crippen molar-refractivity contribution in [3.05, 3.63) is 31.7 Å². The van der Waals surface area contributed by atoms with Crippen molar-refractivity contribution >= 4 is 22.7 Å². The molecule has 0 aliphatic carbocycles. The first kappa shape index (κ1) is 10.7. The maximum Gasteiger partial charge on any atom is 0.0999 e. The van der Waals surface area contributed by atoms with Crippen LogP contribution in [0.4, 0.5) is 0 Å². The van der Waals surface area contributed by atoms with Gasteiger partial charge < -0.3 is 5.73 Å². The van der Waals surface area contributed by atoms with Crippen molar-refractivity contribution in [2.75, 3.05) is 0 Å². The maximum absolute atomic E-state index is 5.52. The van der Waals surface area contributed by atoms with Gasteiger partial charge in [-0.25, -0.2) is 9.97 Å². The standard InChI is InChI=1S/C10H13N3S2/c1-6-7(2)15-10(12-6)3-9-13-8(4-11)5-14-9/h5H,3-4,11H2,1-2H3. The quantitative estimate of drug-likeness (QED) is 0.894. The highest BCUT2D eigenvalue weighted by Gasteiger charge is 2.07. The molecule has 2 rings (SSSR count). The predicted octanol–water partition coefficient (Wildman–Crippen LogP) is 2.27. The predicted molar refractivity (Wildman–Crippen MR) is 64.4 cm³/mol. The molecule has 0 aliphatic heterocycles. The summed E-state index contributed by atoms with van der Waals surface area (Å²) >= 11 is 3.41. The van der Waals surface area contributed by atoms with Gasteiger partial charge in [-0.3, -0.25) is 0 Å². The van der Waals surface area contributed by atoms with Gasteiger partial charge in [-0.15, -0.1) is 22.7 Å². The van der Waals surface area contributed by atoms with Gasteiger partial charge in [-0.05, 0) is 13.8 Å². The Kier molecular flexibility index (Phi) is 3.14. The first-order chi connectivity index (χ1) is 7.19. The Bertz CT molecular complexity index is 439. The van der Waals surface area contributed by atoms with Gasteiger partial charge in [0.1, 0.15) is 0 Å². The van der Waals surface area contributed by atoms with Crippen molar-refractivity contribution in [3.8, 4) is 0 Å². The molecule has 0 radical (unpaired) electrons. The van der Waals surface area contributed by atoms with Gasteiger partial charge in [-0.1, -0.05) is 0 Å². The Balaban J connectivity index is 2.14. The van der Waals surface area contributed by atoms with E-state index in [2.05, 4.69) is 16.9 Å². The van der Waals surface area contributed by atoms with Crippen LogP contribution in [0.5, 0.6) is 0 Å². The molecule has 2 aromatic heterocycles. The fraction of sp³-hybridized carbons (Fsp3) is 0.400. The van der Waals surface area contributed by atoms with E-state index in [1.165, 1.54) is 4.88 Å². The summed E-state index contributed by atoms with van der Waals surface area (Å²) in [5.74, 6) is 0. The van der Waals surface area contributed by atoms with Crippen LogP contribution < -0.4 is 5.73 Å². The van der Waals surface area contributed by atoms with E-state index >= 15 is 0 Å². The summed E-state index contributed by atoms with van der Waals surface area (Å²) in [5, 5.41) is 4.26. The number of hydrogen-bond acceptors (Lipinski definition) is 5. The van der Waals surface area contributed by atoms with Gasteiger partial charge in [0.05, 0.1) is 27.8 Å². The molecule has 0 saturated carbocycles. The highest BCUT2D eigenvalue weighted by atomic mass is 32.1. The van der Waals surface area contributed by atoms with Crippen LogP contribution in [-0.2, 0) is 13.0 Å². The third-order valence-corrected chi connectivity index (χ3v) is 4.15. The molecule has 0 amide bonds. The molecule has 2 heterocycles. The number of aryl methyl sites for hydroxylation is 2. The van der Waals surface area contributed by atoms with Crippen LogP contribution in [0.1, 0.15) is 26.3 Å². The Morgan fingerprint density at radius 3 is 2.60 bits per heavy atom. The fourth-order valence-corrected chi connectivity index (χ4v) is 3.11. The van der Waals surface area contributed by atoms with Crippen molar-refractivity contribution in [1.29, 1.82) is 0 Å². The van der Waals surface area contributed by atoms with E-state index in [-0.39, 0.29) is 0 Å². The van der Waals surface area contributed by atoms with Crippen molar-refractivity contribution in [2.45, 2.75) is 26.8 Å². The van der Waals surface area contributed by atoms with Crippen LogP contribution in [0, 0.1) is 13.8 Å². The van der Waals surface area contributed by atoms with Crippen molar-refractivity contribution in [1.82, 2.24) is 9.97 Å². The third-order valence-electron chi connectivity index (χ3n) is 2.18. The number of nitrogens with two attached hydrogens (primary N) is 1. The molecule has 80 valence electrons. The Labute approximate surface area is 97.0 Å². The molecule has 0 unspecified atom stereocenters. The molecular formula is C10H13N3S2. The summed E-state index contributed by atoms with van der Waals surface area (Å²) in [7, 11) is 0. The summed E-state index contributed by atoms with van der Waals surface area (Å²) < 4.78 is 0. The number of thiazole rings is 2. The van der Waals surface area contributed by atoms with E-state index in [0.29, 0.717) is 6.54 Å². The number of hydrogen-bond donors (Lipinski definition) is 1. The first-order valence-corrected chi connectivity index (χ1v) is 6.45. The lowest BCUT2D eigenvalue weighted by atomic mass is 10.4. The van der Waals surface area contributed by atoms with Gasteiger partial charge in [-0.2, -0.15) is 0 Å². The topological polar surface area (TPSA) is 51.8 Å². The molecule has 5 heteroatoms. The lowest BCUT2D eigenvalue weighted by Gasteiger charge is -1.90. The second-order valence-electron chi connectivity index (χ2n) is 3.36. The van der Waals surface area contributed by atoms with Crippen LogP contribution in [0.3, 0.4) is 0 Å². The van der Waals surface area contributed by atoms with E-state index in [9.17, 15) is 0 Å². The van der Waals surface area contributed by atoms with Gasteiger partial charge >= 0.3 is 0 Å². The van der Waals surface area contributed by atoms with E-state index in [4.69, 9.17) is 5.73 Å². The lowest BCUT2D eigenvalue weighted by Crippen LogP contribution is -1.96. The van der Waals surface area contributed by atoms with Gasteiger partial charge in [0.2, 0.25) is 0 Å². The monoisotopic (exact) mass is 239 g/mol. The minimum absolute atomic E-state index is 0.520. The van der Waals surface area contributed by atoms with Crippen LogP contribution in [-0.4, -0.2) is 9.97 Å². The highest BCUT2D eigenvalue weighted by Crippen LogP contribution is 2.21. The van der Waals surface area contributed by atoms with E-state index in [1.807, 2.05) is 12.3 Å².